The van der Waals surface area contributed by atoms with Crippen LogP contribution in [0, 0.1) is 10.1 Å². The van der Waals surface area contributed by atoms with Gasteiger partial charge in [-0.15, -0.1) is 12.4 Å². The predicted molar refractivity (Wildman–Crippen MR) is 99.1 cm³/mol. The van der Waals surface area contributed by atoms with Crippen LogP contribution in [0.3, 0.4) is 0 Å². The van der Waals surface area contributed by atoms with Crippen molar-refractivity contribution < 1.29 is 9.72 Å². The minimum absolute atomic E-state index is 0. The summed E-state index contributed by atoms with van der Waals surface area (Å²) in [6, 6.07) is 8.32. The van der Waals surface area contributed by atoms with E-state index in [-0.39, 0.29) is 30.5 Å². The van der Waals surface area contributed by atoms with E-state index in [4.69, 9.17) is 0 Å². The second-order valence-electron chi connectivity index (χ2n) is 6.28. The van der Waals surface area contributed by atoms with Crippen LogP contribution in [0.25, 0.3) is 0 Å². The molecule has 0 saturated carbocycles. The summed E-state index contributed by atoms with van der Waals surface area (Å²) >= 11 is 0. The highest BCUT2D eigenvalue weighted by molar-refractivity contribution is 5.85. The van der Waals surface area contributed by atoms with Crippen molar-refractivity contribution in [2.24, 2.45) is 0 Å². The lowest BCUT2D eigenvalue weighted by Gasteiger charge is -2.39. The van der Waals surface area contributed by atoms with Gasteiger partial charge >= 0.3 is 0 Å². The Balaban J connectivity index is 0.00000243. The van der Waals surface area contributed by atoms with Crippen LogP contribution in [-0.2, 0) is 16.9 Å². The number of carbonyl (C=O) groups excluding carboxylic acids is 1. The summed E-state index contributed by atoms with van der Waals surface area (Å²) in [5.41, 5.74) is -0.193. The fourth-order valence-corrected chi connectivity index (χ4v) is 3.41. The Kier molecular flexibility index (Phi) is 6.33. The molecule has 2 aromatic rings. The number of nitro groups is 1. The van der Waals surface area contributed by atoms with E-state index < -0.39 is 10.5 Å². The maximum atomic E-state index is 13.3. The Hall–Kier alpha value is -2.45. The number of amides is 1. The van der Waals surface area contributed by atoms with Crippen molar-refractivity contribution in [1.29, 1.82) is 0 Å². The molecule has 0 unspecified atom stereocenters. The van der Waals surface area contributed by atoms with Gasteiger partial charge in [0, 0.05) is 31.1 Å². The maximum Gasteiger partial charge on any atom is 0.274 e. The third kappa shape index (κ3) is 3.71. The number of hydrogen-bond donors (Lipinski definition) is 1. The van der Waals surface area contributed by atoms with Crippen LogP contribution in [-0.4, -0.2) is 45.6 Å². The Labute approximate surface area is 157 Å². The Morgan fingerprint density at radius 2 is 2.04 bits per heavy atom. The maximum absolute atomic E-state index is 13.3. The van der Waals surface area contributed by atoms with E-state index in [2.05, 4.69) is 10.4 Å². The van der Waals surface area contributed by atoms with Gasteiger partial charge in [0.1, 0.15) is 5.54 Å². The molecule has 1 saturated heterocycles. The summed E-state index contributed by atoms with van der Waals surface area (Å²) in [4.78, 5) is 25.6. The van der Waals surface area contributed by atoms with Gasteiger partial charge in [-0.1, -0.05) is 18.2 Å². The van der Waals surface area contributed by atoms with E-state index in [1.807, 2.05) is 6.20 Å². The number of nitro benzene ring substituents is 1. The normalized spacial score (nSPS) is 15.7. The first-order valence-corrected chi connectivity index (χ1v) is 8.23. The summed E-state index contributed by atoms with van der Waals surface area (Å²) < 4.78 is 1.73. The van der Waals surface area contributed by atoms with Gasteiger partial charge in [0.25, 0.3) is 11.6 Å². The molecule has 0 atom stereocenters. The third-order valence-electron chi connectivity index (χ3n) is 4.71. The standard InChI is InChI=1S/C17H21N5O3.ClH/c1-20(13-14-5-2-3-6-15(14)22(24)25)16(23)17(7-10-18-11-8-17)21-12-4-9-19-21;/h2-6,9,12,18H,7-8,10-11,13H2,1H3;1H. The summed E-state index contributed by atoms with van der Waals surface area (Å²) in [6.07, 6.45) is 4.74. The van der Waals surface area contributed by atoms with Crippen molar-refractivity contribution in [2.75, 3.05) is 20.1 Å². The lowest BCUT2D eigenvalue weighted by atomic mass is 9.86. The van der Waals surface area contributed by atoms with Gasteiger partial charge in [-0.25, -0.2) is 0 Å². The molecule has 1 amide bonds. The molecule has 0 spiro atoms. The monoisotopic (exact) mass is 379 g/mol. The number of aromatic nitrogens is 2. The third-order valence-corrected chi connectivity index (χ3v) is 4.71. The zero-order chi connectivity index (χ0) is 17.9. The number of nitrogens with zero attached hydrogens (tertiary/aromatic N) is 4. The van der Waals surface area contributed by atoms with Gasteiger partial charge in [0.2, 0.25) is 0 Å². The van der Waals surface area contributed by atoms with Crippen LogP contribution >= 0.6 is 12.4 Å². The number of nitrogens with one attached hydrogen (secondary N) is 1. The van der Waals surface area contributed by atoms with Crippen LogP contribution in [0.2, 0.25) is 0 Å². The number of rotatable bonds is 5. The van der Waals surface area contributed by atoms with Gasteiger partial charge in [-0.05, 0) is 32.0 Å². The Bertz CT molecular complexity index is 760. The van der Waals surface area contributed by atoms with Crippen molar-refractivity contribution in [3.05, 3.63) is 58.4 Å². The van der Waals surface area contributed by atoms with E-state index in [0.29, 0.717) is 18.4 Å². The fourth-order valence-electron chi connectivity index (χ4n) is 3.41. The van der Waals surface area contributed by atoms with E-state index in [0.717, 1.165) is 13.1 Å². The molecule has 0 aliphatic carbocycles. The molecular formula is C17H22ClN5O3. The molecular weight excluding hydrogens is 358 g/mol. The summed E-state index contributed by atoms with van der Waals surface area (Å²) in [6.45, 7) is 1.64. The minimum Gasteiger partial charge on any atom is -0.339 e. The van der Waals surface area contributed by atoms with Gasteiger partial charge in [-0.2, -0.15) is 5.10 Å². The summed E-state index contributed by atoms with van der Waals surface area (Å²) in [7, 11) is 1.69. The second kappa shape index (κ2) is 8.29. The number of carbonyl (C=O) groups is 1. The first kappa shape index (κ1) is 19.9. The molecule has 1 aliphatic heterocycles. The predicted octanol–water partition coefficient (Wildman–Crippen LogP) is 1.95. The van der Waals surface area contributed by atoms with Crippen molar-refractivity contribution in [2.45, 2.75) is 24.9 Å². The first-order chi connectivity index (χ1) is 12.0. The molecule has 140 valence electrons. The van der Waals surface area contributed by atoms with Crippen molar-refractivity contribution in [3.8, 4) is 0 Å². The average molecular weight is 380 g/mol. The van der Waals surface area contributed by atoms with Gasteiger partial charge in [0.05, 0.1) is 11.5 Å². The highest BCUT2D eigenvalue weighted by Gasteiger charge is 2.43. The zero-order valence-corrected chi connectivity index (χ0v) is 15.3. The number of hydrogen-bond acceptors (Lipinski definition) is 5. The van der Waals surface area contributed by atoms with Crippen LogP contribution in [0.5, 0.6) is 0 Å². The Morgan fingerprint density at radius 3 is 2.65 bits per heavy atom. The lowest BCUT2D eigenvalue weighted by Crippen LogP contribution is -2.54. The molecule has 1 aliphatic rings. The molecule has 8 nitrogen and oxygen atoms in total. The number of benzene rings is 1. The van der Waals surface area contributed by atoms with Crippen molar-refractivity contribution in [3.63, 3.8) is 0 Å². The van der Waals surface area contributed by atoms with Crippen LogP contribution in [0.4, 0.5) is 5.69 Å². The number of para-hydroxylation sites is 1. The van der Waals surface area contributed by atoms with E-state index in [1.54, 1.807) is 47.1 Å². The van der Waals surface area contributed by atoms with Crippen LogP contribution in [0.1, 0.15) is 18.4 Å². The van der Waals surface area contributed by atoms with Crippen LogP contribution in [0.15, 0.2) is 42.7 Å². The topological polar surface area (TPSA) is 93.3 Å². The summed E-state index contributed by atoms with van der Waals surface area (Å²) in [5.74, 6) is -0.0733. The average Bonchev–Trinajstić information content (AvgIpc) is 3.17. The molecule has 3 rings (SSSR count). The number of halogens is 1. The van der Waals surface area contributed by atoms with E-state index in [1.165, 1.54) is 6.07 Å². The smallest absolute Gasteiger partial charge is 0.274 e. The molecule has 0 bridgehead atoms. The fraction of sp³-hybridized carbons (Fsp3) is 0.412. The highest BCUT2D eigenvalue weighted by Crippen LogP contribution is 2.30. The van der Waals surface area contributed by atoms with Crippen LogP contribution < -0.4 is 5.32 Å². The van der Waals surface area contributed by atoms with Gasteiger partial charge < -0.3 is 10.2 Å². The molecule has 26 heavy (non-hydrogen) atoms. The Morgan fingerprint density at radius 1 is 1.35 bits per heavy atom. The summed E-state index contributed by atoms with van der Waals surface area (Å²) in [5, 5.41) is 18.8. The quantitative estimate of drug-likeness (QED) is 0.633. The van der Waals surface area contributed by atoms with Gasteiger partial charge in [0.15, 0.2) is 0 Å². The first-order valence-electron chi connectivity index (χ1n) is 8.23. The second-order valence-corrected chi connectivity index (χ2v) is 6.28. The molecule has 1 aromatic carbocycles. The van der Waals surface area contributed by atoms with E-state index >= 15 is 0 Å². The van der Waals surface area contributed by atoms with Crippen molar-refractivity contribution in [1.82, 2.24) is 20.0 Å². The van der Waals surface area contributed by atoms with Gasteiger partial charge in [-0.3, -0.25) is 19.6 Å². The molecule has 9 heteroatoms. The molecule has 0 radical (unpaired) electrons. The highest BCUT2D eigenvalue weighted by atomic mass is 35.5. The molecule has 1 N–H and O–H groups in total. The lowest BCUT2D eigenvalue weighted by molar-refractivity contribution is -0.385. The van der Waals surface area contributed by atoms with E-state index in [9.17, 15) is 14.9 Å². The molecule has 1 fully saturated rings. The number of piperidine rings is 1. The van der Waals surface area contributed by atoms with Crippen molar-refractivity contribution >= 4 is 24.0 Å². The number of likely N-dealkylation sites (N-methyl/N-ethyl adjacent to an activating group) is 1. The molecule has 1 aromatic heterocycles. The minimum atomic E-state index is -0.743. The SMILES string of the molecule is CN(Cc1ccccc1[N+](=O)[O-])C(=O)C1(n2cccn2)CCNCC1.Cl. The molecule has 2 heterocycles. The largest absolute Gasteiger partial charge is 0.339 e. The zero-order valence-electron chi connectivity index (χ0n) is 14.5.